The first kappa shape index (κ1) is 27.0. The second-order valence-corrected chi connectivity index (χ2v) is 10.6. The van der Waals surface area contributed by atoms with Gasteiger partial charge in [0.2, 0.25) is 0 Å². The van der Waals surface area contributed by atoms with Gasteiger partial charge in [0.15, 0.2) is 0 Å². The van der Waals surface area contributed by atoms with Crippen LogP contribution < -0.4 is 5.32 Å². The Bertz CT molecular complexity index is 1030. The smallest absolute Gasteiger partial charge is 0.338 e. The van der Waals surface area contributed by atoms with Crippen LogP contribution in [-0.4, -0.2) is 42.0 Å². The minimum absolute atomic E-state index is 0.0163. The molecular formula is C29H37ClN2O3. The van der Waals surface area contributed by atoms with Gasteiger partial charge in [0.05, 0.1) is 5.56 Å². The Hall–Kier alpha value is -2.63. The molecule has 0 spiro atoms. The molecule has 3 rings (SSSR count). The number of carbonyl (C=O) groups excluding carboxylic acids is 2. The van der Waals surface area contributed by atoms with Crippen LogP contribution in [0.1, 0.15) is 84.2 Å². The molecule has 1 amide bonds. The second-order valence-electron chi connectivity index (χ2n) is 10.2. The van der Waals surface area contributed by atoms with E-state index in [4.69, 9.17) is 16.3 Å². The highest BCUT2D eigenvalue weighted by atomic mass is 35.5. The summed E-state index contributed by atoms with van der Waals surface area (Å²) >= 11 is 6.00. The third kappa shape index (κ3) is 7.18. The van der Waals surface area contributed by atoms with Crippen molar-refractivity contribution < 1.29 is 14.3 Å². The van der Waals surface area contributed by atoms with Crippen molar-refractivity contribution in [1.29, 1.82) is 0 Å². The average molecular weight is 497 g/mol. The predicted octanol–water partition coefficient (Wildman–Crippen LogP) is 6.37. The van der Waals surface area contributed by atoms with Crippen molar-refractivity contribution in [3.63, 3.8) is 0 Å². The number of halogens is 1. The van der Waals surface area contributed by atoms with Gasteiger partial charge in [0, 0.05) is 29.7 Å². The maximum atomic E-state index is 13.2. The monoisotopic (exact) mass is 496 g/mol. The van der Waals surface area contributed by atoms with E-state index in [1.807, 2.05) is 44.9 Å². The van der Waals surface area contributed by atoms with Crippen LogP contribution in [0.2, 0.25) is 5.02 Å². The average Bonchev–Trinajstić information content (AvgIpc) is 2.82. The molecule has 1 saturated carbocycles. The molecule has 1 aliphatic carbocycles. The molecule has 0 bridgehead atoms. The molecule has 2 aromatic carbocycles. The van der Waals surface area contributed by atoms with E-state index in [0.717, 1.165) is 31.2 Å². The topological polar surface area (TPSA) is 58.6 Å². The highest BCUT2D eigenvalue weighted by Crippen LogP contribution is 2.37. The fraction of sp³-hybridized carbons (Fsp3) is 0.448. The van der Waals surface area contributed by atoms with Crippen LogP contribution in [-0.2, 0) is 11.3 Å². The number of nitrogens with one attached hydrogen (secondary N) is 1. The lowest BCUT2D eigenvalue weighted by Gasteiger charge is -2.37. The van der Waals surface area contributed by atoms with E-state index in [9.17, 15) is 9.59 Å². The summed E-state index contributed by atoms with van der Waals surface area (Å²) < 4.78 is 5.56. The first-order chi connectivity index (χ1) is 16.6. The van der Waals surface area contributed by atoms with Gasteiger partial charge in [0.25, 0.3) is 5.91 Å². The number of rotatable bonds is 8. The van der Waals surface area contributed by atoms with Gasteiger partial charge >= 0.3 is 5.97 Å². The molecule has 1 N–H and O–H groups in total. The Morgan fingerprint density at radius 1 is 1.09 bits per heavy atom. The maximum Gasteiger partial charge on any atom is 0.338 e. The number of nitrogens with zero attached hydrogens (tertiary/aromatic N) is 1. The van der Waals surface area contributed by atoms with Gasteiger partial charge in [-0.15, -0.1) is 6.58 Å². The van der Waals surface area contributed by atoms with Gasteiger partial charge in [-0.1, -0.05) is 23.7 Å². The highest BCUT2D eigenvalue weighted by Gasteiger charge is 2.30. The van der Waals surface area contributed by atoms with Gasteiger partial charge < -0.3 is 15.0 Å². The first-order valence-corrected chi connectivity index (χ1v) is 12.7. The molecule has 35 heavy (non-hydrogen) atoms. The van der Waals surface area contributed by atoms with E-state index in [1.54, 1.807) is 30.3 Å². The van der Waals surface area contributed by atoms with E-state index in [-0.39, 0.29) is 17.9 Å². The zero-order valence-corrected chi connectivity index (χ0v) is 22.0. The van der Waals surface area contributed by atoms with Crippen LogP contribution in [0.4, 0.5) is 0 Å². The number of benzene rings is 2. The first-order valence-electron chi connectivity index (χ1n) is 12.3. The minimum Gasteiger partial charge on any atom is -0.456 e. The molecular weight excluding hydrogens is 460 g/mol. The van der Waals surface area contributed by atoms with Crippen LogP contribution in [0.25, 0.3) is 0 Å². The molecule has 1 aliphatic rings. The van der Waals surface area contributed by atoms with Crippen molar-refractivity contribution >= 4 is 23.5 Å². The zero-order chi connectivity index (χ0) is 25.6. The van der Waals surface area contributed by atoms with Crippen LogP contribution in [0, 0.1) is 0 Å². The third-order valence-electron chi connectivity index (χ3n) is 6.40. The fourth-order valence-corrected chi connectivity index (χ4v) is 4.93. The SMILES string of the molecule is C=CCN(C(=O)c1ccc(Cl)cc1)C1CCC(c2ccc(C(=O)OC(C)(C)C)cc2CNC)CC1. The lowest BCUT2D eigenvalue weighted by Crippen LogP contribution is -2.42. The van der Waals surface area contributed by atoms with E-state index in [2.05, 4.69) is 18.0 Å². The summed E-state index contributed by atoms with van der Waals surface area (Å²) in [6.45, 7) is 10.7. The number of ether oxygens (including phenoxy) is 1. The predicted molar refractivity (Wildman–Crippen MR) is 142 cm³/mol. The van der Waals surface area contributed by atoms with Crippen LogP contribution >= 0.6 is 11.6 Å². The van der Waals surface area contributed by atoms with Crippen molar-refractivity contribution in [3.8, 4) is 0 Å². The van der Waals surface area contributed by atoms with Crippen molar-refractivity contribution in [3.05, 3.63) is 82.4 Å². The molecule has 5 nitrogen and oxygen atoms in total. The lowest BCUT2D eigenvalue weighted by molar-refractivity contribution is 0.00692. The van der Waals surface area contributed by atoms with E-state index in [0.29, 0.717) is 35.2 Å². The zero-order valence-electron chi connectivity index (χ0n) is 21.3. The Morgan fingerprint density at radius 3 is 2.29 bits per heavy atom. The molecule has 6 heteroatoms. The Kier molecular flexibility index (Phi) is 9.15. The maximum absolute atomic E-state index is 13.2. The van der Waals surface area contributed by atoms with Gasteiger partial charge in [-0.25, -0.2) is 4.79 Å². The fourth-order valence-electron chi connectivity index (χ4n) is 4.81. The molecule has 0 saturated heterocycles. The van der Waals surface area contributed by atoms with Gasteiger partial charge in [0.1, 0.15) is 5.60 Å². The van der Waals surface area contributed by atoms with Crippen LogP contribution in [0.15, 0.2) is 55.1 Å². The number of hydrogen-bond acceptors (Lipinski definition) is 4. The molecule has 0 aliphatic heterocycles. The standard InChI is InChI=1S/C29H37ClN2O3/c1-6-17-32(27(33)21-7-12-24(30)13-8-21)25-14-9-20(10-15-25)26-16-11-22(18-23(26)19-31-5)28(34)35-29(2,3)4/h6-8,11-13,16,18,20,25,31H,1,9-10,14-15,17,19H2,2-5H3. The van der Waals surface area contributed by atoms with E-state index in [1.165, 1.54) is 5.56 Å². The summed E-state index contributed by atoms with van der Waals surface area (Å²) in [4.78, 5) is 27.7. The Balaban J connectivity index is 1.73. The molecule has 188 valence electrons. The third-order valence-corrected chi connectivity index (χ3v) is 6.65. The quantitative estimate of drug-likeness (QED) is 0.341. The normalized spacial score (nSPS) is 18.1. The van der Waals surface area contributed by atoms with Crippen molar-refractivity contribution in [1.82, 2.24) is 10.2 Å². The lowest BCUT2D eigenvalue weighted by atomic mass is 9.79. The molecule has 0 radical (unpaired) electrons. The summed E-state index contributed by atoms with van der Waals surface area (Å²) in [6, 6.07) is 13.1. The molecule has 0 atom stereocenters. The number of hydrogen-bond donors (Lipinski definition) is 1. The molecule has 0 aromatic heterocycles. The largest absolute Gasteiger partial charge is 0.456 e. The Labute approximate surface area is 214 Å². The minimum atomic E-state index is -0.530. The van der Waals surface area contributed by atoms with Gasteiger partial charge in [-0.05, 0) is 107 Å². The molecule has 2 aromatic rings. The summed E-state index contributed by atoms with van der Waals surface area (Å²) in [6.07, 6.45) is 5.60. The molecule has 0 unspecified atom stereocenters. The summed E-state index contributed by atoms with van der Waals surface area (Å²) in [5.74, 6) is 0.104. The van der Waals surface area contributed by atoms with E-state index >= 15 is 0 Å². The number of carbonyl (C=O) groups is 2. The van der Waals surface area contributed by atoms with Crippen LogP contribution in [0.3, 0.4) is 0 Å². The number of amides is 1. The second kappa shape index (κ2) is 11.9. The van der Waals surface area contributed by atoms with Gasteiger partial charge in [-0.2, -0.15) is 0 Å². The Morgan fingerprint density at radius 2 is 1.71 bits per heavy atom. The van der Waals surface area contributed by atoms with E-state index < -0.39 is 5.60 Å². The summed E-state index contributed by atoms with van der Waals surface area (Å²) in [5, 5.41) is 3.85. The van der Waals surface area contributed by atoms with Gasteiger partial charge in [-0.3, -0.25) is 4.79 Å². The van der Waals surface area contributed by atoms with Crippen molar-refractivity contribution in [2.75, 3.05) is 13.6 Å². The summed E-state index contributed by atoms with van der Waals surface area (Å²) in [7, 11) is 1.91. The van der Waals surface area contributed by atoms with Crippen molar-refractivity contribution in [2.24, 2.45) is 0 Å². The van der Waals surface area contributed by atoms with Crippen molar-refractivity contribution in [2.45, 2.75) is 70.6 Å². The van der Waals surface area contributed by atoms with Crippen LogP contribution in [0.5, 0.6) is 0 Å². The molecule has 1 fully saturated rings. The number of esters is 1. The summed E-state index contributed by atoms with van der Waals surface area (Å²) in [5.41, 5.74) is 3.09. The molecule has 0 heterocycles. The highest BCUT2D eigenvalue weighted by molar-refractivity contribution is 6.30.